The standard InChI is InChI=1S/C77H150O17P2/c1-7-9-11-13-15-17-19-21-22-24-29-36-42-48-54-60-75(80)88-65-72(93-76(81)61-55-49-43-37-30-26-25-27-33-39-45-51-57-69(3)4)67-91-95(83,84)89-63-71(78)64-90-96(85,86)92-68-73(94-77(82)62-56-50-44-38-32-31-34-40-46-52-58-70(5)6)66-87-74(79)59-53-47-41-35-28-23-20-18-16-14-12-10-8-2/h69-73,78H,7-68H2,1-6H3,(H,83,84)(H,85,86)/t71-,72-,73-/m1/s1. The molecule has 17 nitrogen and oxygen atoms in total. The van der Waals surface area contributed by atoms with Crippen molar-refractivity contribution in [3.63, 3.8) is 0 Å². The van der Waals surface area contributed by atoms with E-state index in [1.807, 2.05) is 0 Å². The van der Waals surface area contributed by atoms with Gasteiger partial charge in [-0.1, -0.05) is 350 Å². The van der Waals surface area contributed by atoms with Gasteiger partial charge in [0.05, 0.1) is 26.4 Å². The molecule has 0 aromatic carbocycles. The van der Waals surface area contributed by atoms with E-state index in [-0.39, 0.29) is 25.7 Å². The van der Waals surface area contributed by atoms with Gasteiger partial charge in [-0.15, -0.1) is 0 Å². The predicted octanol–water partition coefficient (Wildman–Crippen LogP) is 22.7. The maximum atomic E-state index is 13.1. The molecule has 3 N–H and O–H groups in total. The van der Waals surface area contributed by atoms with Crippen molar-refractivity contribution >= 4 is 39.5 Å². The molecule has 0 rings (SSSR count). The Morgan fingerprint density at radius 2 is 0.479 bits per heavy atom. The van der Waals surface area contributed by atoms with Crippen LogP contribution in [0.25, 0.3) is 0 Å². The Morgan fingerprint density at radius 3 is 0.708 bits per heavy atom. The molecule has 0 spiro atoms. The molecule has 19 heteroatoms. The van der Waals surface area contributed by atoms with Crippen LogP contribution < -0.4 is 0 Å². The van der Waals surface area contributed by atoms with E-state index in [4.69, 9.17) is 37.0 Å². The Labute approximate surface area is 588 Å². The molecule has 0 aliphatic rings. The highest BCUT2D eigenvalue weighted by Gasteiger charge is 2.30. The number of aliphatic hydroxyl groups excluding tert-OH is 1. The number of esters is 4. The lowest BCUT2D eigenvalue weighted by Gasteiger charge is -2.21. The van der Waals surface area contributed by atoms with Crippen LogP contribution in [0.15, 0.2) is 0 Å². The summed E-state index contributed by atoms with van der Waals surface area (Å²) in [6.45, 7) is 9.61. The number of aliphatic hydroxyl groups is 1. The molecular weight excluding hydrogens is 1260 g/mol. The fourth-order valence-corrected chi connectivity index (χ4v) is 13.4. The molecule has 0 aromatic heterocycles. The topological polar surface area (TPSA) is 237 Å². The van der Waals surface area contributed by atoms with Gasteiger partial charge in [0.2, 0.25) is 0 Å². The highest BCUT2D eigenvalue weighted by atomic mass is 31.2. The van der Waals surface area contributed by atoms with Crippen LogP contribution in [-0.4, -0.2) is 96.7 Å². The van der Waals surface area contributed by atoms with Crippen LogP contribution in [0.1, 0.15) is 401 Å². The molecule has 0 saturated heterocycles. The lowest BCUT2D eigenvalue weighted by atomic mass is 10.0. The minimum Gasteiger partial charge on any atom is -0.462 e. The van der Waals surface area contributed by atoms with Crippen molar-refractivity contribution in [2.45, 2.75) is 419 Å². The van der Waals surface area contributed by atoms with Crippen molar-refractivity contribution in [3.8, 4) is 0 Å². The summed E-state index contributed by atoms with van der Waals surface area (Å²) in [6, 6.07) is 0. The van der Waals surface area contributed by atoms with E-state index in [0.29, 0.717) is 25.7 Å². The number of carbonyl (C=O) groups is 4. The quantitative estimate of drug-likeness (QED) is 0.0222. The van der Waals surface area contributed by atoms with Gasteiger partial charge in [-0.25, -0.2) is 9.13 Å². The molecular formula is C77H150O17P2. The van der Waals surface area contributed by atoms with Gasteiger partial charge in [0.15, 0.2) is 12.2 Å². The van der Waals surface area contributed by atoms with E-state index in [1.165, 1.54) is 218 Å². The number of phosphoric acid groups is 2. The van der Waals surface area contributed by atoms with E-state index in [1.54, 1.807) is 0 Å². The average molecular weight is 1410 g/mol. The van der Waals surface area contributed by atoms with E-state index >= 15 is 0 Å². The van der Waals surface area contributed by atoms with Gasteiger partial charge in [-0.05, 0) is 37.5 Å². The van der Waals surface area contributed by atoms with Gasteiger partial charge in [-0.3, -0.25) is 37.3 Å². The van der Waals surface area contributed by atoms with Crippen molar-refractivity contribution in [2.24, 2.45) is 11.8 Å². The number of carbonyl (C=O) groups excluding carboxylic acids is 4. The van der Waals surface area contributed by atoms with E-state index < -0.39 is 97.5 Å². The van der Waals surface area contributed by atoms with Crippen molar-refractivity contribution in [1.29, 1.82) is 0 Å². The third kappa shape index (κ3) is 70.5. The normalized spacial score (nSPS) is 14.0. The molecule has 0 fully saturated rings. The highest BCUT2D eigenvalue weighted by molar-refractivity contribution is 7.47. The number of phosphoric ester groups is 2. The number of unbranched alkanes of at least 4 members (excludes halogenated alkanes) is 46. The largest absolute Gasteiger partial charge is 0.472 e. The summed E-state index contributed by atoms with van der Waals surface area (Å²) in [5.41, 5.74) is 0. The zero-order valence-corrected chi connectivity index (χ0v) is 64.5. The minimum absolute atomic E-state index is 0.106. The fourth-order valence-electron chi connectivity index (χ4n) is 11.8. The zero-order chi connectivity index (χ0) is 70.7. The number of hydrogen-bond donors (Lipinski definition) is 3. The van der Waals surface area contributed by atoms with E-state index in [2.05, 4.69) is 41.5 Å². The van der Waals surface area contributed by atoms with Crippen LogP contribution in [-0.2, 0) is 65.4 Å². The Morgan fingerprint density at radius 1 is 0.281 bits per heavy atom. The SMILES string of the molecule is CCCCCCCCCCCCCCCCCC(=O)OC[C@H](COP(=O)(O)OC[C@@H](O)COP(=O)(O)OC[C@@H](COC(=O)CCCCCCCCCCCCCCC)OC(=O)CCCCCCCCCCCCC(C)C)OC(=O)CCCCCCCCCCCCCCC(C)C. The number of ether oxygens (including phenoxy) is 4. The van der Waals surface area contributed by atoms with Gasteiger partial charge in [0, 0.05) is 25.7 Å². The third-order valence-corrected chi connectivity index (χ3v) is 19.9. The van der Waals surface area contributed by atoms with Gasteiger partial charge in [-0.2, -0.15) is 0 Å². The number of hydrogen-bond acceptors (Lipinski definition) is 15. The lowest BCUT2D eigenvalue weighted by Crippen LogP contribution is -2.30. The summed E-state index contributed by atoms with van der Waals surface area (Å²) in [7, 11) is -9.91. The summed E-state index contributed by atoms with van der Waals surface area (Å²) in [4.78, 5) is 72.9. The predicted molar refractivity (Wildman–Crippen MR) is 391 cm³/mol. The first-order valence-electron chi connectivity index (χ1n) is 40.0. The van der Waals surface area contributed by atoms with Crippen LogP contribution >= 0.6 is 15.6 Å². The summed E-state index contributed by atoms with van der Waals surface area (Å²) in [5, 5.41) is 10.6. The second-order valence-electron chi connectivity index (χ2n) is 28.7. The van der Waals surface area contributed by atoms with Crippen LogP contribution in [0.4, 0.5) is 0 Å². The maximum absolute atomic E-state index is 13.1. The maximum Gasteiger partial charge on any atom is 0.472 e. The highest BCUT2D eigenvalue weighted by Crippen LogP contribution is 2.45. The molecule has 96 heavy (non-hydrogen) atoms. The first-order valence-corrected chi connectivity index (χ1v) is 43.0. The van der Waals surface area contributed by atoms with Crippen LogP contribution in [0, 0.1) is 11.8 Å². The van der Waals surface area contributed by atoms with Gasteiger partial charge in [0.1, 0.15) is 19.3 Å². The van der Waals surface area contributed by atoms with Crippen LogP contribution in [0.2, 0.25) is 0 Å². The smallest absolute Gasteiger partial charge is 0.462 e. The average Bonchev–Trinajstić information content (AvgIpc) is 1.93. The number of rotatable bonds is 76. The molecule has 570 valence electrons. The monoisotopic (exact) mass is 1410 g/mol. The second-order valence-corrected chi connectivity index (χ2v) is 31.6. The molecule has 5 atom stereocenters. The summed E-state index contributed by atoms with van der Waals surface area (Å²) in [5.74, 6) is -0.583. The van der Waals surface area contributed by atoms with Gasteiger partial charge < -0.3 is 33.8 Å². The Balaban J connectivity index is 5.27. The Bertz CT molecular complexity index is 1860. The first kappa shape index (κ1) is 94.1. The fraction of sp³-hybridized carbons (Fsp3) is 0.948. The van der Waals surface area contributed by atoms with E-state index in [0.717, 1.165) is 102 Å². The van der Waals surface area contributed by atoms with Crippen LogP contribution in [0.3, 0.4) is 0 Å². The second kappa shape index (κ2) is 68.8. The van der Waals surface area contributed by atoms with Gasteiger partial charge >= 0.3 is 39.5 Å². The molecule has 0 radical (unpaired) electrons. The molecule has 0 aliphatic heterocycles. The van der Waals surface area contributed by atoms with Crippen molar-refractivity contribution < 1.29 is 80.2 Å². The Hall–Kier alpha value is -1.94. The molecule has 2 unspecified atom stereocenters. The molecule has 0 bridgehead atoms. The van der Waals surface area contributed by atoms with Crippen molar-refractivity contribution in [2.75, 3.05) is 39.6 Å². The summed E-state index contributed by atoms with van der Waals surface area (Å²) in [6.07, 6.45) is 56.7. The molecule has 0 amide bonds. The minimum atomic E-state index is -4.96. The molecule has 0 heterocycles. The Kier molecular flexibility index (Phi) is 67.4. The molecule has 0 saturated carbocycles. The first-order chi connectivity index (χ1) is 46.4. The van der Waals surface area contributed by atoms with Crippen molar-refractivity contribution in [3.05, 3.63) is 0 Å². The summed E-state index contributed by atoms with van der Waals surface area (Å²) >= 11 is 0. The summed E-state index contributed by atoms with van der Waals surface area (Å²) < 4.78 is 68.6. The van der Waals surface area contributed by atoms with Crippen LogP contribution in [0.5, 0.6) is 0 Å². The van der Waals surface area contributed by atoms with E-state index in [9.17, 15) is 43.2 Å². The van der Waals surface area contributed by atoms with Crippen molar-refractivity contribution in [1.82, 2.24) is 0 Å². The molecule has 0 aromatic rings. The zero-order valence-electron chi connectivity index (χ0n) is 62.7. The third-order valence-electron chi connectivity index (χ3n) is 18.0. The molecule has 0 aliphatic carbocycles. The van der Waals surface area contributed by atoms with Gasteiger partial charge in [0.25, 0.3) is 0 Å². The lowest BCUT2D eigenvalue weighted by molar-refractivity contribution is -0.161.